The van der Waals surface area contributed by atoms with E-state index < -0.39 is 0 Å². The van der Waals surface area contributed by atoms with E-state index in [0.717, 1.165) is 35.7 Å². The molecule has 3 rings (SSSR count). The number of nitrogens with one attached hydrogen (secondary N) is 1. The maximum absolute atomic E-state index is 6.17. The fourth-order valence-electron chi connectivity index (χ4n) is 2.36. The normalized spacial score (nSPS) is 16.2. The topological polar surface area (TPSA) is 25.2 Å². The van der Waals surface area contributed by atoms with E-state index in [0.29, 0.717) is 5.02 Å². The van der Waals surface area contributed by atoms with Gasteiger partial charge in [-0.05, 0) is 37.9 Å². The fourth-order valence-corrected chi connectivity index (χ4v) is 2.58. The van der Waals surface area contributed by atoms with E-state index in [2.05, 4.69) is 25.2 Å². The van der Waals surface area contributed by atoms with Gasteiger partial charge in [0.2, 0.25) is 0 Å². The summed E-state index contributed by atoms with van der Waals surface area (Å²) in [5.41, 5.74) is 0.840. The highest BCUT2D eigenvalue weighted by Crippen LogP contribution is 2.34. The molecule has 1 N–H and O–H groups in total. The van der Waals surface area contributed by atoms with E-state index in [1.54, 1.807) is 0 Å². The van der Waals surface area contributed by atoms with Crippen molar-refractivity contribution in [3.63, 3.8) is 0 Å². The molecule has 0 amide bonds. The molecule has 1 heterocycles. The van der Waals surface area contributed by atoms with Crippen LogP contribution in [0, 0.1) is 0 Å². The molecule has 3 heteroatoms. The van der Waals surface area contributed by atoms with Crippen LogP contribution in [0.15, 0.2) is 28.7 Å². The zero-order valence-corrected chi connectivity index (χ0v) is 12.3. The van der Waals surface area contributed by atoms with Crippen LogP contribution in [0.5, 0.6) is 0 Å². The van der Waals surface area contributed by atoms with Gasteiger partial charge in [-0.25, -0.2) is 0 Å². The van der Waals surface area contributed by atoms with Crippen molar-refractivity contribution in [2.45, 2.75) is 44.6 Å². The second-order valence-corrected chi connectivity index (χ2v) is 6.54. The average molecular weight is 278 g/mol. The van der Waals surface area contributed by atoms with Crippen molar-refractivity contribution in [2.24, 2.45) is 0 Å². The molecule has 0 aliphatic heterocycles. The molecule has 1 aliphatic rings. The Balaban J connectivity index is 1.78. The highest BCUT2D eigenvalue weighted by molar-refractivity contribution is 6.34. The molecule has 0 atom stereocenters. The first kappa shape index (κ1) is 13.0. The van der Waals surface area contributed by atoms with Gasteiger partial charge in [-0.2, -0.15) is 0 Å². The zero-order chi connectivity index (χ0) is 13.5. The molecule has 1 aromatic heterocycles. The highest BCUT2D eigenvalue weighted by atomic mass is 35.5. The lowest BCUT2D eigenvalue weighted by atomic mass is 9.86. The summed E-state index contributed by atoms with van der Waals surface area (Å²) in [6.07, 6.45) is 3.74. The van der Waals surface area contributed by atoms with Gasteiger partial charge in [0, 0.05) is 16.8 Å². The molecule has 19 heavy (non-hydrogen) atoms. The van der Waals surface area contributed by atoms with Crippen LogP contribution in [0.3, 0.4) is 0 Å². The number of benzene rings is 1. The van der Waals surface area contributed by atoms with Gasteiger partial charge in [0.15, 0.2) is 5.58 Å². The van der Waals surface area contributed by atoms with Crippen LogP contribution in [0.1, 0.15) is 38.9 Å². The average Bonchev–Trinajstić information content (AvgIpc) is 3.05. The Hall–Kier alpha value is -0.990. The predicted molar refractivity (Wildman–Crippen MR) is 79.9 cm³/mol. The number of furan rings is 1. The second-order valence-electron chi connectivity index (χ2n) is 6.13. The summed E-state index contributed by atoms with van der Waals surface area (Å²) in [5.74, 6) is 1.02. The van der Waals surface area contributed by atoms with Crippen molar-refractivity contribution in [3.8, 4) is 0 Å². The summed E-state index contributed by atoms with van der Waals surface area (Å²) in [5, 5.41) is 5.34. The van der Waals surface area contributed by atoms with Gasteiger partial charge >= 0.3 is 0 Å². The van der Waals surface area contributed by atoms with Crippen molar-refractivity contribution in [2.75, 3.05) is 6.54 Å². The Kier molecular flexibility index (Phi) is 3.32. The second kappa shape index (κ2) is 4.84. The minimum Gasteiger partial charge on any atom is -0.459 e. The lowest BCUT2D eigenvalue weighted by Crippen LogP contribution is -2.26. The van der Waals surface area contributed by atoms with Crippen molar-refractivity contribution < 1.29 is 4.42 Å². The van der Waals surface area contributed by atoms with Crippen molar-refractivity contribution in [1.82, 2.24) is 5.32 Å². The quantitative estimate of drug-likeness (QED) is 0.870. The third kappa shape index (κ3) is 2.80. The van der Waals surface area contributed by atoms with E-state index in [1.165, 1.54) is 12.8 Å². The molecule has 1 saturated carbocycles. The minimum atomic E-state index is 0.0320. The Bertz CT molecular complexity index is 583. The molecular weight excluding hydrogens is 258 g/mol. The number of fused-ring (bicyclic) bond motifs is 1. The van der Waals surface area contributed by atoms with Crippen LogP contribution in [0.4, 0.5) is 0 Å². The molecular formula is C16H20ClNO. The van der Waals surface area contributed by atoms with Gasteiger partial charge < -0.3 is 9.73 Å². The minimum absolute atomic E-state index is 0.0320. The molecule has 2 nitrogen and oxygen atoms in total. The third-order valence-electron chi connectivity index (χ3n) is 3.92. The number of halogens is 1. The van der Waals surface area contributed by atoms with Gasteiger partial charge in [0.1, 0.15) is 5.76 Å². The number of hydrogen-bond donors (Lipinski definition) is 1. The smallest absolute Gasteiger partial charge is 0.152 e. The molecule has 0 spiro atoms. The zero-order valence-electron chi connectivity index (χ0n) is 11.5. The molecule has 102 valence electrons. The van der Waals surface area contributed by atoms with Crippen LogP contribution in [-0.4, -0.2) is 12.6 Å². The SMILES string of the molecule is CC(C)(CCNC1CC1)c1cc2cccc(Cl)c2o1. The third-order valence-corrected chi connectivity index (χ3v) is 4.22. The lowest BCUT2D eigenvalue weighted by molar-refractivity contribution is 0.370. The molecule has 1 fully saturated rings. The predicted octanol–water partition coefficient (Wildman–Crippen LogP) is 4.51. The summed E-state index contributed by atoms with van der Waals surface area (Å²) >= 11 is 6.17. The maximum atomic E-state index is 6.17. The Morgan fingerprint density at radius 2 is 2.16 bits per heavy atom. The van der Waals surface area contributed by atoms with Crippen LogP contribution in [0.25, 0.3) is 11.0 Å². The van der Waals surface area contributed by atoms with Gasteiger partial charge in [-0.1, -0.05) is 37.6 Å². The van der Waals surface area contributed by atoms with Gasteiger partial charge in [-0.3, -0.25) is 0 Å². The van der Waals surface area contributed by atoms with E-state index >= 15 is 0 Å². The lowest BCUT2D eigenvalue weighted by Gasteiger charge is -2.22. The Labute approximate surface area is 119 Å². The molecule has 0 saturated heterocycles. The summed E-state index contributed by atoms with van der Waals surface area (Å²) in [4.78, 5) is 0. The molecule has 1 aliphatic carbocycles. The first-order valence-electron chi connectivity index (χ1n) is 6.98. The van der Waals surface area contributed by atoms with Crippen molar-refractivity contribution >= 4 is 22.6 Å². The maximum Gasteiger partial charge on any atom is 0.152 e. The molecule has 1 aromatic carbocycles. The van der Waals surface area contributed by atoms with Gasteiger partial charge in [-0.15, -0.1) is 0 Å². The van der Waals surface area contributed by atoms with Crippen LogP contribution in [-0.2, 0) is 5.41 Å². The van der Waals surface area contributed by atoms with Crippen molar-refractivity contribution in [1.29, 1.82) is 0 Å². The van der Waals surface area contributed by atoms with Gasteiger partial charge in [0.05, 0.1) is 5.02 Å². The first-order valence-corrected chi connectivity index (χ1v) is 7.36. The standard InChI is InChI=1S/C16H20ClNO/c1-16(2,8-9-18-12-6-7-12)14-10-11-4-3-5-13(17)15(11)19-14/h3-5,10,12,18H,6-9H2,1-2H3. The van der Waals surface area contributed by atoms with Crippen LogP contribution >= 0.6 is 11.6 Å². The van der Waals surface area contributed by atoms with E-state index in [4.69, 9.17) is 16.0 Å². The Morgan fingerprint density at radius 3 is 2.84 bits per heavy atom. The summed E-state index contributed by atoms with van der Waals surface area (Å²) in [7, 11) is 0. The Morgan fingerprint density at radius 1 is 1.37 bits per heavy atom. The fraction of sp³-hybridized carbons (Fsp3) is 0.500. The van der Waals surface area contributed by atoms with E-state index in [9.17, 15) is 0 Å². The monoisotopic (exact) mass is 277 g/mol. The summed E-state index contributed by atoms with van der Waals surface area (Å²) in [6, 6.07) is 8.77. The highest BCUT2D eigenvalue weighted by Gasteiger charge is 2.27. The molecule has 0 bridgehead atoms. The van der Waals surface area contributed by atoms with Crippen LogP contribution < -0.4 is 5.32 Å². The molecule has 0 radical (unpaired) electrons. The van der Waals surface area contributed by atoms with E-state index in [1.807, 2.05) is 18.2 Å². The number of para-hydroxylation sites is 1. The van der Waals surface area contributed by atoms with Crippen molar-refractivity contribution in [3.05, 3.63) is 35.0 Å². The van der Waals surface area contributed by atoms with Crippen LogP contribution in [0.2, 0.25) is 5.02 Å². The first-order chi connectivity index (χ1) is 9.06. The largest absolute Gasteiger partial charge is 0.459 e. The van der Waals surface area contributed by atoms with E-state index in [-0.39, 0.29) is 5.41 Å². The van der Waals surface area contributed by atoms with Gasteiger partial charge in [0.25, 0.3) is 0 Å². The number of rotatable bonds is 5. The molecule has 0 unspecified atom stereocenters. The molecule has 2 aromatic rings. The number of hydrogen-bond acceptors (Lipinski definition) is 2. The summed E-state index contributed by atoms with van der Waals surface area (Å²) < 4.78 is 5.98. The summed E-state index contributed by atoms with van der Waals surface area (Å²) in [6.45, 7) is 5.50.